The van der Waals surface area contributed by atoms with Crippen LogP contribution in [0.1, 0.15) is 32.3 Å². The van der Waals surface area contributed by atoms with E-state index in [4.69, 9.17) is 11.6 Å². The Labute approximate surface area is 120 Å². The van der Waals surface area contributed by atoms with Crippen LogP contribution in [-0.2, 0) is 10.2 Å². The van der Waals surface area contributed by atoms with E-state index in [1.54, 1.807) is 0 Å². The second-order valence-corrected chi connectivity index (χ2v) is 5.75. The van der Waals surface area contributed by atoms with Crippen LogP contribution in [0, 0.1) is 0 Å². The summed E-state index contributed by atoms with van der Waals surface area (Å²) in [5.41, 5.74) is 0.893. The van der Waals surface area contributed by atoms with Crippen LogP contribution in [0.4, 0.5) is 0 Å². The smallest absolute Gasteiger partial charge is 0.220 e. The van der Waals surface area contributed by atoms with Crippen molar-refractivity contribution in [2.24, 2.45) is 0 Å². The van der Waals surface area contributed by atoms with Crippen molar-refractivity contribution >= 4 is 17.5 Å². The number of carbonyl (C=O) groups excluding carboxylic acids is 1. The van der Waals surface area contributed by atoms with Crippen molar-refractivity contribution in [1.82, 2.24) is 10.6 Å². The molecular weight excluding hydrogens is 260 g/mol. The van der Waals surface area contributed by atoms with E-state index in [-0.39, 0.29) is 11.3 Å². The number of carbonyl (C=O) groups is 1. The normalized spacial score (nSPS) is 11.4. The molecule has 0 saturated heterocycles. The van der Waals surface area contributed by atoms with E-state index < -0.39 is 0 Å². The molecule has 1 amide bonds. The van der Waals surface area contributed by atoms with Crippen LogP contribution in [0.3, 0.4) is 0 Å². The summed E-state index contributed by atoms with van der Waals surface area (Å²) < 4.78 is 0. The van der Waals surface area contributed by atoms with Crippen LogP contribution in [0.5, 0.6) is 0 Å². The minimum absolute atomic E-state index is 0.0929. The molecule has 106 valence electrons. The highest BCUT2D eigenvalue weighted by Crippen LogP contribution is 2.28. The number of halogens is 1. The van der Waals surface area contributed by atoms with E-state index in [2.05, 4.69) is 24.5 Å². The molecule has 0 bridgehead atoms. The molecule has 1 aromatic rings. The maximum Gasteiger partial charge on any atom is 0.220 e. The van der Waals surface area contributed by atoms with Crippen molar-refractivity contribution in [3.05, 3.63) is 34.9 Å². The number of amides is 1. The van der Waals surface area contributed by atoms with Gasteiger partial charge in [0.25, 0.3) is 0 Å². The van der Waals surface area contributed by atoms with Gasteiger partial charge in [0.05, 0.1) is 0 Å². The summed E-state index contributed by atoms with van der Waals surface area (Å²) in [6, 6.07) is 7.78. The SMILES string of the molecule is CNCCCC(=O)NCC(C)(C)c1ccccc1Cl. The molecule has 0 fully saturated rings. The fraction of sp³-hybridized carbons (Fsp3) is 0.533. The van der Waals surface area contributed by atoms with Crippen molar-refractivity contribution in [3.63, 3.8) is 0 Å². The van der Waals surface area contributed by atoms with Gasteiger partial charge in [0.2, 0.25) is 5.91 Å². The second kappa shape index (κ2) is 7.51. The van der Waals surface area contributed by atoms with Crippen LogP contribution >= 0.6 is 11.6 Å². The Balaban J connectivity index is 2.51. The monoisotopic (exact) mass is 282 g/mol. The van der Waals surface area contributed by atoms with E-state index in [1.807, 2.05) is 31.3 Å². The van der Waals surface area contributed by atoms with E-state index in [0.717, 1.165) is 23.6 Å². The summed E-state index contributed by atoms with van der Waals surface area (Å²) >= 11 is 6.21. The predicted molar refractivity (Wildman–Crippen MR) is 80.6 cm³/mol. The number of hydrogen-bond acceptors (Lipinski definition) is 2. The molecule has 0 radical (unpaired) electrons. The van der Waals surface area contributed by atoms with E-state index >= 15 is 0 Å². The van der Waals surface area contributed by atoms with E-state index in [0.29, 0.717) is 13.0 Å². The first kappa shape index (κ1) is 16.0. The molecule has 3 nitrogen and oxygen atoms in total. The fourth-order valence-corrected chi connectivity index (χ4v) is 2.33. The highest BCUT2D eigenvalue weighted by atomic mass is 35.5. The molecule has 0 aliphatic heterocycles. The van der Waals surface area contributed by atoms with Gasteiger partial charge in [0.15, 0.2) is 0 Å². The summed E-state index contributed by atoms with van der Waals surface area (Å²) in [6.45, 7) is 5.63. The average molecular weight is 283 g/mol. The molecule has 0 aromatic heterocycles. The third-order valence-electron chi connectivity index (χ3n) is 3.16. The molecule has 0 atom stereocenters. The van der Waals surface area contributed by atoms with Gasteiger partial charge in [-0.2, -0.15) is 0 Å². The number of benzene rings is 1. The molecule has 1 aromatic carbocycles. The predicted octanol–water partition coefficient (Wildman–Crippen LogP) is 2.73. The summed E-state index contributed by atoms with van der Waals surface area (Å²) in [5, 5.41) is 6.76. The van der Waals surface area contributed by atoms with E-state index in [9.17, 15) is 4.79 Å². The number of rotatable bonds is 7. The van der Waals surface area contributed by atoms with Crippen LogP contribution < -0.4 is 10.6 Å². The third kappa shape index (κ3) is 5.21. The first-order chi connectivity index (χ1) is 8.97. The summed E-state index contributed by atoms with van der Waals surface area (Å²) in [6.07, 6.45) is 1.41. The van der Waals surface area contributed by atoms with Gasteiger partial charge in [-0.1, -0.05) is 43.6 Å². The van der Waals surface area contributed by atoms with Crippen molar-refractivity contribution in [1.29, 1.82) is 0 Å². The zero-order chi connectivity index (χ0) is 14.3. The highest BCUT2D eigenvalue weighted by molar-refractivity contribution is 6.31. The minimum atomic E-state index is -0.170. The Morgan fingerprint density at radius 3 is 2.63 bits per heavy atom. The molecular formula is C15H23ClN2O. The van der Waals surface area contributed by atoms with Crippen molar-refractivity contribution < 1.29 is 4.79 Å². The Bertz CT molecular complexity index is 418. The zero-order valence-electron chi connectivity index (χ0n) is 11.9. The third-order valence-corrected chi connectivity index (χ3v) is 3.49. The fourth-order valence-electron chi connectivity index (χ4n) is 1.94. The van der Waals surface area contributed by atoms with Crippen molar-refractivity contribution in [2.45, 2.75) is 32.1 Å². The van der Waals surface area contributed by atoms with Gasteiger partial charge >= 0.3 is 0 Å². The largest absolute Gasteiger partial charge is 0.355 e. The topological polar surface area (TPSA) is 41.1 Å². The molecule has 0 heterocycles. The number of hydrogen-bond donors (Lipinski definition) is 2. The molecule has 19 heavy (non-hydrogen) atoms. The Morgan fingerprint density at radius 1 is 1.32 bits per heavy atom. The van der Waals surface area contributed by atoms with Crippen molar-refractivity contribution in [3.8, 4) is 0 Å². The summed E-state index contributed by atoms with van der Waals surface area (Å²) in [5.74, 6) is 0.0929. The van der Waals surface area contributed by atoms with Gasteiger partial charge in [0.1, 0.15) is 0 Å². The van der Waals surface area contributed by atoms with Gasteiger partial charge in [0, 0.05) is 23.4 Å². The molecule has 1 rings (SSSR count). The lowest BCUT2D eigenvalue weighted by Gasteiger charge is -2.26. The molecule has 0 aliphatic rings. The molecule has 0 saturated carbocycles. The Hall–Kier alpha value is -1.06. The molecule has 2 N–H and O–H groups in total. The van der Waals surface area contributed by atoms with Crippen LogP contribution in [-0.4, -0.2) is 26.0 Å². The second-order valence-electron chi connectivity index (χ2n) is 5.35. The zero-order valence-corrected chi connectivity index (χ0v) is 12.7. The van der Waals surface area contributed by atoms with Crippen LogP contribution in [0.15, 0.2) is 24.3 Å². The first-order valence-electron chi connectivity index (χ1n) is 6.63. The van der Waals surface area contributed by atoms with Gasteiger partial charge in [-0.3, -0.25) is 4.79 Å². The van der Waals surface area contributed by atoms with Gasteiger partial charge < -0.3 is 10.6 Å². The lowest BCUT2D eigenvalue weighted by Crippen LogP contribution is -2.37. The van der Waals surface area contributed by atoms with Gasteiger partial charge in [-0.15, -0.1) is 0 Å². The van der Waals surface area contributed by atoms with Gasteiger partial charge in [-0.25, -0.2) is 0 Å². The molecule has 0 spiro atoms. The highest BCUT2D eigenvalue weighted by Gasteiger charge is 2.23. The van der Waals surface area contributed by atoms with Crippen LogP contribution in [0.25, 0.3) is 0 Å². The maximum atomic E-state index is 11.7. The molecule has 0 aliphatic carbocycles. The lowest BCUT2D eigenvalue weighted by atomic mass is 9.84. The maximum absolute atomic E-state index is 11.7. The standard InChI is InChI=1S/C15H23ClN2O/c1-15(2,12-7-4-5-8-13(12)16)11-18-14(19)9-6-10-17-3/h4-5,7-8,17H,6,9-11H2,1-3H3,(H,18,19). The van der Waals surface area contributed by atoms with Crippen LogP contribution in [0.2, 0.25) is 5.02 Å². The minimum Gasteiger partial charge on any atom is -0.355 e. The quantitative estimate of drug-likeness (QED) is 0.755. The number of nitrogens with one attached hydrogen (secondary N) is 2. The Kier molecular flexibility index (Phi) is 6.32. The lowest BCUT2D eigenvalue weighted by molar-refractivity contribution is -0.121. The Morgan fingerprint density at radius 2 is 2.00 bits per heavy atom. The van der Waals surface area contributed by atoms with Gasteiger partial charge in [-0.05, 0) is 31.6 Å². The summed E-state index contributed by atoms with van der Waals surface area (Å²) in [7, 11) is 1.89. The molecule has 4 heteroatoms. The average Bonchev–Trinajstić information content (AvgIpc) is 2.37. The van der Waals surface area contributed by atoms with E-state index in [1.165, 1.54) is 0 Å². The summed E-state index contributed by atoms with van der Waals surface area (Å²) in [4.78, 5) is 11.7. The first-order valence-corrected chi connectivity index (χ1v) is 7.01. The van der Waals surface area contributed by atoms with Crippen molar-refractivity contribution in [2.75, 3.05) is 20.1 Å². The molecule has 0 unspecified atom stereocenters.